The summed E-state index contributed by atoms with van der Waals surface area (Å²) in [6.45, 7) is 6.24. The topological polar surface area (TPSA) is 41.4 Å². The maximum Gasteiger partial charge on any atom is 0.235 e. The van der Waals surface area contributed by atoms with E-state index in [1.165, 1.54) is 28.7 Å². The van der Waals surface area contributed by atoms with Gasteiger partial charge in [0.05, 0.1) is 10.9 Å². The molecule has 0 saturated carbocycles. The second kappa shape index (κ2) is 9.87. The van der Waals surface area contributed by atoms with Gasteiger partial charge in [0.25, 0.3) is 0 Å². The van der Waals surface area contributed by atoms with Crippen LogP contribution in [0.25, 0.3) is 5.69 Å². The summed E-state index contributed by atoms with van der Waals surface area (Å²) in [7, 11) is 0. The summed E-state index contributed by atoms with van der Waals surface area (Å²) >= 11 is 8.42. The molecule has 0 bridgehead atoms. The van der Waals surface area contributed by atoms with Crippen molar-refractivity contribution in [3.63, 3.8) is 0 Å². The van der Waals surface area contributed by atoms with Crippen LogP contribution in [0.3, 0.4) is 0 Å². The average Bonchev–Trinajstić information content (AvgIpc) is 3.15. The van der Waals surface area contributed by atoms with Crippen LogP contribution in [0, 0.1) is 3.95 Å². The molecule has 30 heavy (non-hydrogen) atoms. The monoisotopic (exact) mass is 456 g/mol. The van der Waals surface area contributed by atoms with Crippen LogP contribution in [-0.4, -0.2) is 56.9 Å². The number of thioether (sulfide) groups is 1. The zero-order valence-electron chi connectivity index (χ0n) is 16.8. The molecule has 2 heterocycles. The second-order valence-corrected chi connectivity index (χ2v) is 10.4. The molecule has 1 atom stereocenters. The number of amides is 1. The molecule has 1 saturated heterocycles. The lowest BCUT2D eigenvalue weighted by Gasteiger charge is -2.35. The average molecular weight is 457 g/mol. The van der Waals surface area contributed by atoms with Gasteiger partial charge in [0.1, 0.15) is 0 Å². The fourth-order valence-electron chi connectivity index (χ4n) is 3.47. The van der Waals surface area contributed by atoms with E-state index in [4.69, 9.17) is 12.2 Å². The minimum Gasteiger partial charge on any atom is -0.339 e. The van der Waals surface area contributed by atoms with Crippen LogP contribution >= 0.6 is 35.3 Å². The van der Waals surface area contributed by atoms with Crippen LogP contribution in [0.4, 0.5) is 0 Å². The molecule has 8 heteroatoms. The molecule has 1 aromatic heterocycles. The van der Waals surface area contributed by atoms with Crippen molar-refractivity contribution in [1.29, 1.82) is 0 Å². The van der Waals surface area contributed by atoms with E-state index >= 15 is 0 Å². The van der Waals surface area contributed by atoms with Crippen molar-refractivity contribution in [2.75, 3.05) is 26.2 Å². The summed E-state index contributed by atoms with van der Waals surface area (Å²) in [6.07, 6.45) is 0. The van der Waals surface area contributed by atoms with Gasteiger partial charge in [-0.3, -0.25) is 9.69 Å². The number of benzene rings is 2. The lowest BCUT2D eigenvalue weighted by atomic mass is 10.2. The Morgan fingerprint density at radius 2 is 1.70 bits per heavy atom. The largest absolute Gasteiger partial charge is 0.339 e. The number of rotatable bonds is 6. The Morgan fingerprint density at radius 3 is 2.37 bits per heavy atom. The molecule has 0 radical (unpaired) electrons. The summed E-state index contributed by atoms with van der Waals surface area (Å²) in [6, 6.07) is 20.3. The van der Waals surface area contributed by atoms with Crippen molar-refractivity contribution in [2.45, 2.75) is 23.1 Å². The van der Waals surface area contributed by atoms with Crippen molar-refractivity contribution < 1.29 is 4.79 Å². The molecule has 1 unspecified atom stereocenters. The quantitative estimate of drug-likeness (QED) is 0.404. The highest BCUT2D eigenvalue weighted by atomic mass is 32.2. The molecule has 0 spiro atoms. The minimum absolute atomic E-state index is 0.173. The summed E-state index contributed by atoms with van der Waals surface area (Å²) in [5.41, 5.74) is 2.26. The lowest BCUT2D eigenvalue weighted by Crippen LogP contribution is -2.50. The van der Waals surface area contributed by atoms with Crippen molar-refractivity contribution in [3.05, 3.63) is 70.2 Å². The molecule has 1 fully saturated rings. The first-order chi connectivity index (χ1) is 14.6. The number of hydrogen-bond acceptors (Lipinski definition) is 6. The maximum atomic E-state index is 13.0. The second-order valence-electron chi connectivity index (χ2n) is 7.23. The molecular weight excluding hydrogens is 432 g/mol. The highest BCUT2D eigenvalue weighted by molar-refractivity contribution is 8.02. The summed E-state index contributed by atoms with van der Waals surface area (Å²) < 4.78 is 3.28. The van der Waals surface area contributed by atoms with Gasteiger partial charge in [-0.1, -0.05) is 71.6 Å². The first-order valence-corrected chi connectivity index (χ1v) is 12.1. The number of nitrogens with zero attached hydrogens (tertiary/aromatic N) is 4. The van der Waals surface area contributed by atoms with Crippen molar-refractivity contribution in [2.24, 2.45) is 0 Å². The van der Waals surface area contributed by atoms with Gasteiger partial charge in [0.15, 0.2) is 8.29 Å². The molecule has 1 aliphatic rings. The van der Waals surface area contributed by atoms with E-state index in [0.717, 1.165) is 42.8 Å². The van der Waals surface area contributed by atoms with Gasteiger partial charge in [-0.25, -0.2) is 4.68 Å². The lowest BCUT2D eigenvalue weighted by molar-refractivity contribution is -0.132. The molecule has 1 amide bonds. The van der Waals surface area contributed by atoms with Gasteiger partial charge in [-0.05, 0) is 36.8 Å². The Hall–Kier alpha value is -2.00. The molecule has 156 valence electrons. The van der Waals surface area contributed by atoms with Crippen LogP contribution < -0.4 is 0 Å². The molecule has 0 aliphatic carbocycles. The third-order valence-corrected chi connectivity index (χ3v) is 7.49. The molecule has 1 aliphatic heterocycles. The first kappa shape index (κ1) is 21.2. The third-order valence-electron chi connectivity index (χ3n) is 5.09. The molecule has 2 aromatic carbocycles. The van der Waals surface area contributed by atoms with E-state index in [2.05, 4.69) is 34.3 Å². The third kappa shape index (κ3) is 5.18. The van der Waals surface area contributed by atoms with Crippen LogP contribution in [0.1, 0.15) is 12.5 Å². The summed E-state index contributed by atoms with van der Waals surface area (Å²) in [4.78, 5) is 17.3. The van der Waals surface area contributed by atoms with Crippen molar-refractivity contribution in [1.82, 2.24) is 19.6 Å². The number of para-hydroxylation sites is 1. The smallest absolute Gasteiger partial charge is 0.235 e. The SMILES string of the molecule is CC(Sc1nn(-c2ccccc2)c(=S)s1)C(=O)N1CCN(Cc2ccccc2)CC1. The van der Waals surface area contributed by atoms with E-state index in [1.54, 1.807) is 4.68 Å². The predicted molar refractivity (Wildman–Crippen MR) is 126 cm³/mol. The Morgan fingerprint density at radius 1 is 1.07 bits per heavy atom. The van der Waals surface area contributed by atoms with Gasteiger partial charge in [0, 0.05) is 32.7 Å². The van der Waals surface area contributed by atoms with Gasteiger partial charge in [-0.15, -0.1) is 5.10 Å². The van der Waals surface area contributed by atoms with Crippen LogP contribution in [0.2, 0.25) is 0 Å². The van der Waals surface area contributed by atoms with Crippen molar-refractivity contribution >= 4 is 41.2 Å². The highest BCUT2D eigenvalue weighted by Crippen LogP contribution is 2.29. The number of carbonyl (C=O) groups is 1. The fourth-order valence-corrected chi connectivity index (χ4v) is 6.06. The maximum absolute atomic E-state index is 13.0. The number of piperazine rings is 1. The minimum atomic E-state index is -0.185. The fraction of sp³-hybridized carbons (Fsp3) is 0.318. The standard InChI is InChI=1S/C22H24N4OS3/c1-17(29-21-23-26(22(28)30-21)19-10-6-3-7-11-19)20(27)25-14-12-24(13-15-25)16-18-8-4-2-5-9-18/h2-11,17H,12-16H2,1H3. The molecule has 0 N–H and O–H groups in total. The number of carbonyl (C=O) groups excluding carboxylic acids is 1. The zero-order valence-corrected chi connectivity index (χ0v) is 19.3. The van der Waals surface area contributed by atoms with Gasteiger partial charge in [0.2, 0.25) is 5.91 Å². The van der Waals surface area contributed by atoms with Crippen LogP contribution in [0.15, 0.2) is 65.0 Å². The van der Waals surface area contributed by atoms with Gasteiger partial charge < -0.3 is 4.90 Å². The molecule has 3 aromatic rings. The van der Waals surface area contributed by atoms with Gasteiger partial charge in [-0.2, -0.15) is 0 Å². The summed E-state index contributed by atoms with van der Waals surface area (Å²) in [5, 5.41) is 4.44. The van der Waals surface area contributed by atoms with E-state index < -0.39 is 0 Å². The van der Waals surface area contributed by atoms with E-state index in [1.807, 2.05) is 48.2 Å². The first-order valence-electron chi connectivity index (χ1n) is 9.97. The predicted octanol–water partition coefficient (Wildman–Crippen LogP) is 4.49. The Bertz CT molecular complexity index is 1030. The van der Waals surface area contributed by atoms with E-state index in [0.29, 0.717) is 3.95 Å². The molecular formula is C22H24N4OS3. The van der Waals surface area contributed by atoms with Gasteiger partial charge >= 0.3 is 0 Å². The van der Waals surface area contributed by atoms with Crippen LogP contribution in [0.5, 0.6) is 0 Å². The zero-order chi connectivity index (χ0) is 20.9. The molecule has 5 nitrogen and oxygen atoms in total. The highest BCUT2D eigenvalue weighted by Gasteiger charge is 2.26. The van der Waals surface area contributed by atoms with Crippen LogP contribution in [-0.2, 0) is 11.3 Å². The molecule has 4 rings (SSSR count). The van der Waals surface area contributed by atoms with Crippen molar-refractivity contribution in [3.8, 4) is 5.69 Å². The van der Waals surface area contributed by atoms with E-state index in [-0.39, 0.29) is 11.2 Å². The number of aromatic nitrogens is 2. The summed E-state index contributed by atoms with van der Waals surface area (Å²) in [5.74, 6) is 0.173. The normalized spacial score (nSPS) is 15.8. The Balaban J connectivity index is 1.32. The number of hydrogen-bond donors (Lipinski definition) is 0. The Labute approximate surface area is 190 Å². The van der Waals surface area contributed by atoms with E-state index in [9.17, 15) is 4.79 Å². The Kier molecular flexibility index (Phi) is 6.99.